The predicted octanol–water partition coefficient (Wildman–Crippen LogP) is 3.20. The van der Waals surface area contributed by atoms with E-state index in [1.165, 1.54) is 12.1 Å². The first-order valence-corrected chi connectivity index (χ1v) is 6.39. The Labute approximate surface area is 112 Å². The highest BCUT2D eigenvalue weighted by Gasteiger charge is 2.05. The Morgan fingerprint density at radius 1 is 1.50 bits per heavy atom. The number of carbonyl (C=O) groups is 1. The number of hydrogen-bond donors (Lipinski definition) is 2. The maximum absolute atomic E-state index is 12.9. The van der Waals surface area contributed by atoms with Gasteiger partial charge in [-0.3, -0.25) is 4.79 Å². The van der Waals surface area contributed by atoms with Gasteiger partial charge in [0, 0.05) is 24.7 Å². The van der Waals surface area contributed by atoms with Crippen LogP contribution in [0.5, 0.6) is 0 Å². The van der Waals surface area contributed by atoms with E-state index >= 15 is 0 Å². The molecule has 1 aromatic rings. The smallest absolute Gasteiger partial charge is 0.221 e. The lowest BCUT2D eigenvalue weighted by molar-refractivity contribution is -0.121. The number of amides is 1. The van der Waals surface area contributed by atoms with Crippen molar-refractivity contribution in [3.63, 3.8) is 0 Å². The van der Waals surface area contributed by atoms with Gasteiger partial charge in [-0.25, -0.2) is 4.39 Å². The Morgan fingerprint density at radius 3 is 2.83 bits per heavy atom. The molecule has 1 unspecified atom stereocenters. The first-order chi connectivity index (χ1) is 8.52. The molecule has 3 nitrogen and oxygen atoms in total. The van der Waals surface area contributed by atoms with Gasteiger partial charge >= 0.3 is 0 Å². The molecule has 0 saturated carbocycles. The summed E-state index contributed by atoms with van der Waals surface area (Å²) in [5.74, 6) is -0.443. The molecule has 1 rings (SSSR count). The van der Waals surface area contributed by atoms with Crippen LogP contribution in [0, 0.1) is 5.82 Å². The fourth-order valence-electron chi connectivity index (χ4n) is 1.38. The molecule has 0 aromatic heterocycles. The Bertz CT molecular complexity index is 412. The number of anilines is 1. The van der Waals surface area contributed by atoms with E-state index in [-0.39, 0.29) is 17.0 Å². The highest BCUT2D eigenvalue weighted by Crippen LogP contribution is 2.19. The monoisotopic (exact) mass is 272 g/mol. The molecule has 100 valence electrons. The molecule has 0 saturated heterocycles. The van der Waals surface area contributed by atoms with Crippen molar-refractivity contribution in [2.45, 2.75) is 32.7 Å². The lowest BCUT2D eigenvalue weighted by atomic mass is 10.2. The quantitative estimate of drug-likeness (QED) is 0.835. The molecule has 2 N–H and O–H groups in total. The van der Waals surface area contributed by atoms with Crippen LogP contribution in [0.1, 0.15) is 26.7 Å². The first kappa shape index (κ1) is 14.8. The highest BCUT2D eigenvalue weighted by atomic mass is 35.5. The number of nitrogens with one attached hydrogen (secondary N) is 2. The first-order valence-electron chi connectivity index (χ1n) is 6.01. The number of hydrogen-bond acceptors (Lipinski definition) is 2. The summed E-state index contributed by atoms with van der Waals surface area (Å²) < 4.78 is 12.9. The van der Waals surface area contributed by atoms with Gasteiger partial charge in [0.1, 0.15) is 5.82 Å². The SMILES string of the molecule is CCC(C)NC(=O)CCNc1ccc(F)c(Cl)c1. The van der Waals surface area contributed by atoms with Gasteiger partial charge in [-0.05, 0) is 31.5 Å². The average Bonchev–Trinajstić information content (AvgIpc) is 2.33. The Hall–Kier alpha value is -1.29. The van der Waals surface area contributed by atoms with E-state index in [9.17, 15) is 9.18 Å². The van der Waals surface area contributed by atoms with Crippen molar-refractivity contribution in [2.24, 2.45) is 0 Å². The van der Waals surface area contributed by atoms with Gasteiger partial charge in [0.25, 0.3) is 0 Å². The summed E-state index contributed by atoms with van der Waals surface area (Å²) in [5, 5.41) is 5.97. The zero-order valence-electron chi connectivity index (χ0n) is 10.6. The third-order valence-corrected chi connectivity index (χ3v) is 2.91. The molecule has 0 fully saturated rings. The Balaban J connectivity index is 2.33. The Morgan fingerprint density at radius 2 is 2.22 bits per heavy atom. The van der Waals surface area contributed by atoms with Gasteiger partial charge in [0.2, 0.25) is 5.91 Å². The van der Waals surface area contributed by atoms with E-state index in [2.05, 4.69) is 10.6 Å². The molecule has 0 aliphatic rings. The van der Waals surface area contributed by atoms with Crippen molar-refractivity contribution in [2.75, 3.05) is 11.9 Å². The van der Waals surface area contributed by atoms with E-state index < -0.39 is 5.82 Å². The van der Waals surface area contributed by atoms with Crippen LogP contribution in [0.2, 0.25) is 5.02 Å². The molecule has 0 aliphatic heterocycles. The van der Waals surface area contributed by atoms with Crippen LogP contribution in [-0.2, 0) is 4.79 Å². The molecular formula is C13H18ClFN2O. The molecule has 0 aliphatic carbocycles. The second-order valence-corrected chi connectivity index (χ2v) is 4.59. The standard InChI is InChI=1S/C13H18ClFN2O/c1-3-9(2)17-13(18)6-7-16-10-4-5-12(15)11(14)8-10/h4-5,8-9,16H,3,6-7H2,1-2H3,(H,17,18). The van der Waals surface area contributed by atoms with Crippen molar-refractivity contribution in [1.29, 1.82) is 0 Å². The van der Waals surface area contributed by atoms with Gasteiger partial charge in [-0.1, -0.05) is 18.5 Å². The molecule has 1 amide bonds. The van der Waals surface area contributed by atoms with Gasteiger partial charge in [0.15, 0.2) is 0 Å². The second kappa shape index (κ2) is 7.21. The van der Waals surface area contributed by atoms with Gasteiger partial charge in [0.05, 0.1) is 5.02 Å². The van der Waals surface area contributed by atoms with E-state index in [0.717, 1.165) is 6.42 Å². The fraction of sp³-hybridized carbons (Fsp3) is 0.462. The van der Waals surface area contributed by atoms with Crippen molar-refractivity contribution in [3.8, 4) is 0 Å². The van der Waals surface area contributed by atoms with Crippen molar-refractivity contribution in [3.05, 3.63) is 29.0 Å². The normalized spacial score (nSPS) is 12.0. The summed E-state index contributed by atoms with van der Waals surface area (Å²) in [6.45, 7) is 4.47. The summed E-state index contributed by atoms with van der Waals surface area (Å²) >= 11 is 5.65. The summed E-state index contributed by atoms with van der Waals surface area (Å²) in [6.07, 6.45) is 1.28. The van der Waals surface area contributed by atoms with Crippen LogP contribution >= 0.6 is 11.6 Å². The van der Waals surface area contributed by atoms with Crippen LogP contribution in [0.4, 0.5) is 10.1 Å². The van der Waals surface area contributed by atoms with Crippen molar-refractivity contribution < 1.29 is 9.18 Å². The summed E-state index contributed by atoms with van der Waals surface area (Å²) in [4.78, 5) is 11.5. The third-order valence-electron chi connectivity index (χ3n) is 2.62. The van der Waals surface area contributed by atoms with E-state index in [1.807, 2.05) is 13.8 Å². The number of rotatable bonds is 6. The fourth-order valence-corrected chi connectivity index (χ4v) is 1.56. The number of carbonyl (C=O) groups excluding carboxylic acids is 1. The second-order valence-electron chi connectivity index (χ2n) is 4.18. The Kier molecular flexibility index (Phi) is 5.92. The van der Waals surface area contributed by atoms with E-state index in [0.29, 0.717) is 18.7 Å². The number of halogens is 2. The van der Waals surface area contributed by atoms with E-state index in [1.54, 1.807) is 6.07 Å². The zero-order valence-corrected chi connectivity index (χ0v) is 11.4. The predicted molar refractivity (Wildman–Crippen MR) is 72.4 cm³/mol. The lowest BCUT2D eigenvalue weighted by Gasteiger charge is -2.12. The largest absolute Gasteiger partial charge is 0.384 e. The number of benzene rings is 1. The van der Waals surface area contributed by atoms with Crippen LogP contribution in [0.25, 0.3) is 0 Å². The zero-order chi connectivity index (χ0) is 13.5. The van der Waals surface area contributed by atoms with Gasteiger partial charge in [-0.15, -0.1) is 0 Å². The average molecular weight is 273 g/mol. The molecule has 5 heteroatoms. The highest BCUT2D eigenvalue weighted by molar-refractivity contribution is 6.31. The molecular weight excluding hydrogens is 255 g/mol. The summed E-state index contributed by atoms with van der Waals surface area (Å²) in [6, 6.07) is 4.58. The van der Waals surface area contributed by atoms with Crippen molar-refractivity contribution >= 4 is 23.2 Å². The maximum Gasteiger partial charge on any atom is 0.221 e. The molecule has 0 bridgehead atoms. The van der Waals surface area contributed by atoms with Gasteiger partial charge < -0.3 is 10.6 Å². The lowest BCUT2D eigenvalue weighted by Crippen LogP contribution is -2.32. The van der Waals surface area contributed by atoms with Crippen molar-refractivity contribution in [1.82, 2.24) is 5.32 Å². The maximum atomic E-state index is 12.9. The van der Waals surface area contributed by atoms with E-state index in [4.69, 9.17) is 11.6 Å². The molecule has 1 aromatic carbocycles. The van der Waals surface area contributed by atoms with Crippen LogP contribution in [0.15, 0.2) is 18.2 Å². The molecule has 1 atom stereocenters. The molecule has 0 spiro atoms. The van der Waals surface area contributed by atoms with Gasteiger partial charge in [-0.2, -0.15) is 0 Å². The topological polar surface area (TPSA) is 41.1 Å². The molecule has 0 heterocycles. The minimum atomic E-state index is -0.447. The molecule has 18 heavy (non-hydrogen) atoms. The minimum absolute atomic E-state index is 0.00468. The van der Waals surface area contributed by atoms with Crippen LogP contribution in [0.3, 0.4) is 0 Å². The summed E-state index contributed by atoms with van der Waals surface area (Å²) in [7, 11) is 0. The van der Waals surface area contributed by atoms with Crippen LogP contribution in [-0.4, -0.2) is 18.5 Å². The third kappa shape index (κ3) is 4.92. The molecule has 0 radical (unpaired) electrons. The summed E-state index contributed by atoms with van der Waals surface area (Å²) in [5.41, 5.74) is 0.706. The minimum Gasteiger partial charge on any atom is -0.384 e. The van der Waals surface area contributed by atoms with Crippen LogP contribution < -0.4 is 10.6 Å².